The Bertz CT molecular complexity index is 3470. The van der Waals surface area contributed by atoms with Gasteiger partial charge in [0.25, 0.3) is 0 Å². The highest BCUT2D eigenvalue weighted by molar-refractivity contribution is 6.11. The number of benzene rings is 7. The van der Waals surface area contributed by atoms with Gasteiger partial charge in [0.1, 0.15) is 22.7 Å². The van der Waals surface area contributed by atoms with Crippen molar-refractivity contribution < 1.29 is 9.15 Å². The molecule has 0 radical (unpaired) electrons. The van der Waals surface area contributed by atoms with Crippen LogP contribution in [0.15, 0.2) is 193 Å². The van der Waals surface area contributed by atoms with Crippen LogP contribution in [0, 0.1) is 0 Å². The lowest BCUT2D eigenvalue weighted by molar-refractivity contribution is 0.446. The summed E-state index contributed by atoms with van der Waals surface area (Å²) < 4.78 is 17.1. The zero-order valence-corrected chi connectivity index (χ0v) is 31.7. The number of ether oxygens (including phenoxy) is 1. The maximum atomic E-state index is 6.45. The first-order valence-corrected chi connectivity index (χ1v) is 19.7. The molecule has 11 aromatic rings. The third-order valence-electron chi connectivity index (χ3n) is 11.5. The highest BCUT2D eigenvalue weighted by Gasteiger charge is 2.20. The molecule has 278 valence electrons. The Balaban J connectivity index is 1.05. The van der Waals surface area contributed by atoms with Gasteiger partial charge in [-0.15, -0.1) is 0 Å². The lowest BCUT2D eigenvalue weighted by Crippen LogP contribution is -2.07. The van der Waals surface area contributed by atoms with Crippen LogP contribution in [0.25, 0.3) is 94.1 Å². The van der Waals surface area contributed by atoms with E-state index < -0.39 is 0 Å². The number of hydrogen-bond acceptors (Lipinski definition) is 5. The van der Waals surface area contributed by atoms with Crippen molar-refractivity contribution in [3.63, 3.8) is 0 Å². The van der Waals surface area contributed by atoms with Crippen LogP contribution in [0.5, 0.6) is 5.75 Å². The normalized spacial score (nSPS) is 13.7. The average Bonchev–Trinajstić information content (AvgIpc) is 4.05. The number of fused-ring (bicyclic) bond motifs is 10. The first kappa shape index (κ1) is 33.1. The summed E-state index contributed by atoms with van der Waals surface area (Å²) in [5, 5.41) is 6.67. The van der Waals surface area contributed by atoms with Gasteiger partial charge in [-0.3, -0.25) is 4.57 Å². The van der Waals surface area contributed by atoms with E-state index >= 15 is 0 Å². The molecule has 0 N–H and O–H groups in total. The summed E-state index contributed by atoms with van der Waals surface area (Å²) >= 11 is 0. The SMILES string of the molecule is C=C/C(=C\C=C1/Cc2ccccc2O1)c1nc(-c2ccc3oc4ccc(-n5c6ccccc6c6ccccc65)cc4c3c2)nc(-n2c3ccccc3c3ccccc32)n1. The summed E-state index contributed by atoms with van der Waals surface area (Å²) in [6, 6.07) is 54.6. The van der Waals surface area contributed by atoms with Crippen LogP contribution < -0.4 is 4.74 Å². The Morgan fingerprint density at radius 1 is 0.559 bits per heavy atom. The van der Waals surface area contributed by atoms with E-state index in [4.69, 9.17) is 24.1 Å². The summed E-state index contributed by atoms with van der Waals surface area (Å²) in [5.74, 6) is 3.28. The lowest BCUT2D eigenvalue weighted by Gasteiger charge is -2.11. The number of hydrogen-bond donors (Lipinski definition) is 0. The standard InChI is InChI=1S/C52H33N5O2/c1-2-32(23-26-36-29-33-13-3-12-22-47(33)58-36)50-53-51(55-52(54-50)57-45-20-10-6-16-39(45)40-17-7-11-21-46(40)57)34-24-27-48-41(30-34)42-31-35(25-28-49(42)59-48)56-43-18-8-4-14-37(43)38-15-5-9-19-44(38)56/h2-28,30-31H,1,29H2/b32-23+,36-26+. The highest BCUT2D eigenvalue weighted by Crippen LogP contribution is 2.38. The van der Waals surface area contributed by atoms with Gasteiger partial charge in [0, 0.05) is 61.1 Å². The second-order valence-corrected chi connectivity index (χ2v) is 14.9. The van der Waals surface area contributed by atoms with E-state index in [1.165, 1.54) is 10.8 Å². The van der Waals surface area contributed by atoms with Crippen molar-refractivity contribution in [2.24, 2.45) is 0 Å². The molecule has 0 fully saturated rings. The van der Waals surface area contributed by atoms with Gasteiger partial charge in [0.15, 0.2) is 11.6 Å². The summed E-state index contributed by atoms with van der Waals surface area (Å²) in [5.41, 5.74) is 9.73. The molecule has 0 bridgehead atoms. The summed E-state index contributed by atoms with van der Waals surface area (Å²) in [4.78, 5) is 15.5. The molecule has 7 aromatic carbocycles. The lowest BCUT2D eigenvalue weighted by atomic mass is 10.1. The van der Waals surface area contributed by atoms with Crippen LogP contribution in [0.4, 0.5) is 0 Å². The van der Waals surface area contributed by atoms with Crippen molar-refractivity contribution >= 4 is 71.1 Å². The highest BCUT2D eigenvalue weighted by atomic mass is 16.5. The third kappa shape index (κ3) is 5.25. The number of furan rings is 1. The van der Waals surface area contributed by atoms with Gasteiger partial charge in [0.2, 0.25) is 5.95 Å². The van der Waals surface area contributed by atoms with E-state index in [1.807, 2.05) is 54.6 Å². The average molecular weight is 760 g/mol. The molecule has 59 heavy (non-hydrogen) atoms. The van der Waals surface area contributed by atoms with Crippen molar-refractivity contribution in [2.75, 3.05) is 0 Å². The van der Waals surface area contributed by atoms with Crippen molar-refractivity contribution in [2.45, 2.75) is 6.42 Å². The molecule has 0 aliphatic carbocycles. The molecule has 0 atom stereocenters. The van der Waals surface area contributed by atoms with E-state index in [0.717, 1.165) is 88.7 Å². The number of rotatable bonds is 6. The Morgan fingerprint density at radius 3 is 1.78 bits per heavy atom. The maximum absolute atomic E-state index is 6.45. The zero-order valence-electron chi connectivity index (χ0n) is 31.7. The molecule has 1 aliphatic heterocycles. The van der Waals surface area contributed by atoms with E-state index in [0.29, 0.717) is 24.0 Å². The Hall–Kier alpha value is -8.03. The largest absolute Gasteiger partial charge is 0.461 e. The van der Waals surface area contributed by atoms with Crippen LogP contribution in [0.2, 0.25) is 0 Å². The van der Waals surface area contributed by atoms with Gasteiger partial charge >= 0.3 is 0 Å². The molecular formula is C52H33N5O2. The molecule has 1 aliphatic rings. The van der Waals surface area contributed by atoms with Crippen molar-refractivity contribution in [1.29, 1.82) is 0 Å². The number of allylic oxidation sites excluding steroid dienone is 5. The quantitative estimate of drug-likeness (QED) is 0.158. The molecule has 0 saturated carbocycles. The molecule has 7 nitrogen and oxygen atoms in total. The molecule has 0 saturated heterocycles. The van der Waals surface area contributed by atoms with E-state index in [2.05, 4.69) is 131 Å². The number of aromatic nitrogens is 5. The summed E-state index contributed by atoms with van der Waals surface area (Å²) in [6.45, 7) is 4.19. The molecule has 12 rings (SSSR count). The van der Waals surface area contributed by atoms with Crippen LogP contribution in [0.1, 0.15) is 11.4 Å². The molecular weight excluding hydrogens is 727 g/mol. The molecule has 5 heterocycles. The van der Waals surface area contributed by atoms with Gasteiger partial charge in [-0.1, -0.05) is 104 Å². The summed E-state index contributed by atoms with van der Waals surface area (Å²) in [7, 11) is 0. The molecule has 0 unspecified atom stereocenters. The third-order valence-corrected chi connectivity index (χ3v) is 11.5. The van der Waals surface area contributed by atoms with Crippen molar-refractivity contribution in [3.8, 4) is 28.8 Å². The van der Waals surface area contributed by atoms with Crippen LogP contribution in [-0.2, 0) is 6.42 Å². The fourth-order valence-electron chi connectivity index (χ4n) is 8.73. The molecule has 0 amide bonds. The number of para-hydroxylation sites is 5. The summed E-state index contributed by atoms with van der Waals surface area (Å²) in [6.07, 6.45) is 6.46. The fraction of sp³-hybridized carbons (Fsp3) is 0.0192. The van der Waals surface area contributed by atoms with E-state index in [-0.39, 0.29) is 0 Å². The van der Waals surface area contributed by atoms with Gasteiger partial charge in [-0.05, 0) is 78.9 Å². The predicted octanol–water partition coefficient (Wildman–Crippen LogP) is 12.7. The van der Waals surface area contributed by atoms with Gasteiger partial charge < -0.3 is 13.7 Å². The maximum Gasteiger partial charge on any atom is 0.238 e. The van der Waals surface area contributed by atoms with Crippen LogP contribution in [-0.4, -0.2) is 24.1 Å². The van der Waals surface area contributed by atoms with Crippen LogP contribution in [0.3, 0.4) is 0 Å². The van der Waals surface area contributed by atoms with E-state index in [9.17, 15) is 0 Å². The van der Waals surface area contributed by atoms with Crippen molar-refractivity contribution in [1.82, 2.24) is 24.1 Å². The van der Waals surface area contributed by atoms with Gasteiger partial charge in [-0.2, -0.15) is 9.97 Å². The molecule has 0 spiro atoms. The Kier molecular flexibility index (Phi) is 7.31. The second-order valence-electron chi connectivity index (χ2n) is 14.9. The first-order valence-electron chi connectivity index (χ1n) is 19.7. The van der Waals surface area contributed by atoms with Gasteiger partial charge in [0.05, 0.1) is 22.1 Å². The van der Waals surface area contributed by atoms with Crippen LogP contribution >= 0.6 is 0 Å². The minimum atomic E-state index is 0.500. The first-order chi connectivity index (χ1) is 29.2. The number of nitrogens with zero attached hydrogens (tertiary/aromatic N) is 5. The smallest absolute Gasteiger partial charge is 0.238 e. The zero-order chi connectivity index (χ0) is 39.0. The molecule has 4 aromatic heterocycles. The molecule has 7 heteroatoms. The van der Waals surface area contributed by atoms with Crippen molar-refractivity contribution in [3.05, 3.63) is 200 Å². The minimum Gasteiger partial charge on any atom is -0.461 e. The Labute approximate surface area is 338 Å². The fourth-order valence-corrected chi connectivity index (χ4v) is 8.73. The van der Waals surface area contributed by atoms with E-state index in [1.54, 1.807) is 6.08 Å². The minimum absolute atomic E-state index is 0.500. The predicted molar refractivity (Wildman–Crippen MR) is 238 cm³/mol. The Morgan fingerprint density at radius 2 is 1.14 bits per heavy atom. The second kappa shape index (κ2) is 13.0. The monoisotopic (exact) mass is 759 g/mol. The van der Waals surface area contributed by atoms with Gasteiger partial charge in [-0.25, -0.2) is 4.98 Å². The topological polar surface area (TPSA) is 70.9 Å².